The predicted molar refractivity (Wildman–Crippen MR) is 53.3 cm³/mol. The third kappa shape index (κ3) is 3.78. The molecule has 0 aromatic heterocycles. The van der Waals surface area contributed by atoms with Crippen LogP contribution in [0.4, 0.5) is 0 Å². The Morgan fingerprint density at radius 1 is 1.25 bits per heavy atom. The minimum absolute atomic E-state index is 0.307. The minimum Gasteiger partial charge on any atom is -0.285 e. The van der Waals surface area contributed by atoms with Crippen molar-refractivity contribution >= 4 is 22.7 Å². The van der Waals surface area contributed by atoms with Crippen LogP contribution in [-0.2, 0) is 10.1 Å². The van der Waals surface area contributed by atoms with Gasteiger partial charge in [0.05, 0.1) is 4.75 Å². The minimum atomic E-state index is -3.98. The van der Waals surface area contributed by atoms with Gasteiger partial charge < -0.3 is 0 Å². The SMILES string of the molecule is CC(C)(S)CC(C)(C)S(=O)(=O)O. The topological polar surface area (TPSA) is 54.4 Å². The van der Waals surface area contributed by atoms with Gasteiger partial charge in [0, 0.05) is 4.75 Å². The molecule has 0 rings (SSSR count). The molecular weight excluding hydrogens is 196 g/mol. The van der Waals surface area contributed by atoms with Crippen molar-refractivity contribution in [2.24, 2.45) is 0 Å². The average Bonchev–Trinajstić information content (AvgIpc) is 1.52. The maximum Gasteiger partial charge on any atom is 0.270 e. The Labute approximate surface area is 79.7 Å². The van der Waals surface area contributed by atoms with E-state index in [1.807, 2.05) is 13.8 Å². The van der Waals surface area contributed by atoms with Crippen molar-refractivity contribution in [1.29, 1.82) is 0 Å². The first-order valence-corrected chi connectivity index (χ1v) is 5.54. The Balaban J connectivity index is 4.68. The third-order valence-electron chi connectivity index (χ3n) is 1.56. The summed E-state index contributed by atoms with van der Waals surface area (Å²) in [5, 5.41) is 0. The van der Waals surface area contributed by atoms with Crippen molar-refractivity contribution in [1.82, 2.24) is 0 Å². The fourth-order valence-corrected chi connectivity index (χ4v) is 2.18. The summed E-state index contributed by atoms with van der Waals surface area (Å²) in [6.45, 7) is 6.59. The van der Waals surface area contributed by atoms with Crippen LogP contribution in [0.5, 0.6) is 0 Å². The molecule has 0 bridgehead atoms. The van der Waals surface area contributed by atoms with Crippen LogP contribution in [0.25, 0.3) is 0 Å². The molecular formula is C7H16O3S2. The lowest BCUT2D eigenvalue weighted by Crippen LogP contribution is -2.37. The van der Waals surface area contributed by atoms with Gasteiger partial charge in [0.25, 0.3) is 10.1 Å². The van der Waals surface area contributed by atoms with Gasteiger partial charge >= 0.3 is 0 Å². The van der Waals surface area contributed by atoms with Crippen LogP contribution in [-0.4, -0.2) is 22.5 Å². The molecule has 0 aromatic carbocycles. The molecule has 0 aliphatic carbocycles. The predicted octanol–water partition coefficient (Wildman–Crippen LogP) is 1.75. The summed E-state index contributed by atoms with van der Waals surface area (Å²) in [6, 6.07) is 0. The van der Waals surface area contributed by atoms with E-state index < -0.39 is 19.6 Å². The molecule has 0 atom stereocenters. The molecule has 0 amide bonds. The molecule has 0 saturated heterocycles. The molecule has 0 fully saturated rings. The Hall–Kier alpha value is 0.260. The van der Waals surface area contributed by atoms with Crippen molar-refractivity contribution in [3.63, 3.8) is 0 Å². The van der Waals surface area contributed by atoms with Gasteiger partial charge in [-0.15, -0.1) is 0 Å². The van der Waals surface area contributed by atoms with Gasteiger partial charge in [-0.1, -0.05) is 13.8 Å². The number of hydrogen-bond acceptors (Lipinski definition) is 3. The summed E-state index contributed by atoms with van der Waals surface area (Å²) in [5.74, 6) is 0. The quantitative estimate of drug-likeness (QED) is 0.553. The van der Waals surface area contributed by atoms with Crippen LogP contribution < -0.4 is 0 Å². The lowest BCUT2D eigenvalue weighted by Gasteiger charge is -2.28. The van der Waals surface area contributed by atoms with Crippen LogP contribution in [0, 0.1) is 0 Å². The monoisotopic (exact) mass is 212 g/mol. The van der Waals surface area contributed by atoms with E-state index in [1.165, 1.54) is 13.8 Å². The van der Waals surface area contributed by atoms with E-state index in [1.54, 1.807) is 0 Å². The zero-order chi connectivity index (χ0) is 10.2. The standard InChI is InChI=1S/C7H16O3S2/c1-6(2,11)5-7(3,4)12(8,9)10/h11H,5H2,1-4H3,(H,8,9,10). The molecule has 0 aliphatic rings. The van der Waals surface area contributed by atoms with Gasteiger partial charge in [-0.05, 0) is 20.3 Å². The lowest BCUT2D eigenvalue weighted by atomic mass is 9.99. The molecule has 3 nitrogen and oxygen atoms in total. The zero-order valence-corrected chi connectivity index (χ0v) is 9.54. The molecule has 1 N–H and O–H groups in total. The van der Waals surface area contributed by atoms with Gasteiger partial charge in [-0.2, -0.15) is 21.0 Å². The Bertz CT molecular complexity index is 246. The third-order valence-corrected chi connectivity index (χ3v) is 3.26. The number of thiol groups is 1. The highest BCUT2D eigenvalue weighted by molar-refractivity contribution is 7.87. The molecule has 74 valence electrons. The van der Waals surface area contributed by atoms with Crippen molar-refractivity contribution in [2.75, 3.05) is 0 Å². The van der Waals surface area contributed by atoms with Crippen LogP contribution >= 0.6 is 12.6 Å². The highest BCUT2D eigenvalue weighted by atomic mass is 32.2. The summed E-state index contributed by atoms with van der Waals surface area (Å²) < 4.78 is 29.0. The molecule has 0 aliphatic heterocycles. The second-order valence-corrected chi connectivity index (χ2v) is 7.49. The maximum atomic E-state index is 10.9. The van der Waals surface area contributed by atoms with E-state index in [-0.39, 0.29) is 0 Å². The number of hydrogen-bond donors (Lipinski definition) is 2. The van der Waals surface area contributed by atoms with E-state index in [2.05, 4.69) is 12.6 Å². The van der Waals surface area contributed by atoms with Crippen molar-refractivity contribution < 1.29 is 13.0 Å². The first kappa shape index (κ1) is 12.3. The van der Waals surface area contributed by atoms with Gasteiger partial charge in [-0.3, -0.25) is 4.55 Å². The van der Waals surface area contributed by atoms with Gasteiger partial charge in [0.2, 0.25) is 0 Å². The first-order chi connectivity index (χ1) is 4.96. The summed E-state index contributed by atoms with van der Waals surface area (Å²) in [6.07, 6.45) is 0.307. The van der Waals surface area contributed by atoms with Crippen molar-refractivity contribution in [3.8, 4) is 0 Å². The molecule has 0 saturated carbocycles. The summed E-state index contributed by atoms with van der Waals surface area (Å²) in [7, 11) is -3.98. The summed E-state index contributed by atoms with van der Waals surface area (Å²) >= 11 is 4.20. The first-order valence-electron chi connectivity index (χ1n) is 3.65. The number of rotatable bonds is 3. The van der Waals surface area contributed by atoms with Crippen LogP contribution in [0.1, 0.15) is 34.1 Å². The molecule has 12 heavy (non-hydrogen) atoms. The molecule has 5 heteroatoms. The van der Waals surface area contributed by atoms with Gasteiger partial charge in [-0.25, -0.2) is 0 Å². The Morgan fingerprint density at radius 3 is 1.67 bits per heavy atom. The van der Waals surface area contributed by atoms with Crippen LogP contribution in [0.3, 0.4) is 0 Å². The second kappa shape index (κ2) is 3.20. The van der Waals surface area contributed by atoms with E-state index >= 15 is 0 Å². The highest BCUT2D eigenvalue weighted by Crippen LogP contribution is 2.30. The molecule has 0 unspecified atom stereocenters. The molecule has 0 aromatic rings. The fraction of sp³-hybridized carbons (Fsp3) is 1.00. The smallest absolute Gasteiger partial charge is 0.270 e. The van der Waals surface area contributed by atoms with Gasteiger partial charge in [0.15, 0.2) is 0 Å². The van der Waals surface area contributed by atoms with Crippen LogP contribution in [0.2, 0.25) is 0 Å². The Kier molecular flexibility index (Phi) is 3.26. The van der Waals surface area contributed by atoms with Crippen molar-refractivity contribution in [2.45, 2.75) is 43.6 Å². The van der Waals surface area contributed by atoms with E-state index in [0.29, 0.717) is 6.42 Å². The highest BCUT2D eigenvalue weighted by Gasteiger charge is 2.36. The van der Waals surface area contributed by atoms with Crippen LogP contribution in [0.15, 0.2) is 0 Å². The second-order valence-electron chi connectivity index (χ2n) is 4.22. The van der Waals surface area contributed by atoms with Gasteiger partial charge in [0.1, 0.15) is 0 Å². The fourth-order valence-electron chi connectivity index (χ4n) is 1.13. The molecule has 0 radical (unpaired) electrons. The normalized spacial score (nSPS) is 14.8. The van der Waals surface area contributed by atoms with E-state index in [9.17, 15) is 8.42 Å². The Morgan fingerprint density at radius 2 is 1.58 bits per heavy atom. The largest absolute Gasteiger partial charge is 0.285 e. The molecule has 0 spiro atoms. The maximum absolute atomic E-state index is 10.9. The van der Waals surface area contributed by atoms with E-state index in [4.69, 9.17) is 4.55 Å². The van der Waals surface area contributed by atoms with Crippen molar-refractivity contribution in [3.05, 3.63) is 0 Å². The van der Waals surface area contributed by atoms with E-state index in [0.717, 1.165) is 0 Å². The lowest BCUT2D eigenvalue weighted by molar-refractivity contribution is 0.416. The summed E-state index contributed by atoms with van der Waals surface area (Å²) in [4.78, 5) is 0. The summed E-state index contributed by atoms with van der Waals surface area (Å²) in [5.41, 5.74) is 0. The zero-order valence-electron chi connectivity index (χ0n) is 7.83. The average molecular weight is 212 g/mol. The molecule has 0 heterocycles.